The fraction of sp³-hybridized carbons (Fsp3) is 0.308. The highest BCUT2D eigenvalue weighted by molar-refractivity contribution is 5.78. The Labute approximate surface area is 101 Å². The Morgan fingerprint density at radius 2 is 2.12 bits per heavy atom. The molecule has 0 saturated heterocycles. The molecule has 92 valence electrons. The summed E-state index contributed by atoms with van der Waals surface area (Å²) in [7, 11) is 0. The van der Waals surface area contributed by atoms with Crippen molar-refractivity contribution in [2.75, 3.05) is 19.6 Å². The zero-order valence-corrected chi connectivity index (χ0v) is 9.73. The van der Waals surface area contributed by atoms with Gasteiger partial charge in [-0.1, -0.05) is 36.4 Å². The highest BCUT2D eigenvalue weighted by Crippen LogP contribution is 2.10. The van der Waals surface area contributed by atoms with Gasteiger partial charge in [-0.3, -0.25) is 4.79 Å². The average molecular weight is 234 g/mol. The molecule has 0 heterocycles. The Morgan fingerprint density at radius 3 is 2.76 bits per heavy atom. The molecule has 0 aliphatic carbocycles. The molecule has 1 unspecified atom stereocenters. The van der Waals surface area contributed by atoms with E-state index in [1.54, 1.807) is 6.08 Å². The van der Waals surface area contributed by atoms with Gasteiger partial charge in [0, 0.05) is 13.1 Å². The summed E-state index contributed by atoms with van der Waals surface area (Å²) in [5.41, 5.74) is 0.798. The lowest BCUT2D eigenvalue weighted by Gasteiger charge is -2.12. The van der Waals surface area contributed by atoms with Crippen molar-refractivity contribution < 1.29 is 9.90 Å². The fourth-order valence-electron chi connectivity index (χ4n) is 1.35. The number of aliphatic hydroxyl groups excluding tert-OH is 1. The minimum Gasteiger partial charge on any atom is -0.387 e. The zero-order chi connectivity index (χ0) is 12.5. The van der Waals surface area contributed by atoms with E-state index in [2.05, 4.69) is 17.2 Å². The van der Waals surface area contributed by atoms with Crippen LogP contribution in [0.25, 0.3) is 0 Å². The van der Waals surface area contributed by atoms with Gasteiger partial charge in [0.15, 0.2) is 0 Å². The summed E-state index contributed by atoms with van der Waals surface area (Å²) in [4.78, 5) is 11.3. The lowest BCUT2D eigenvalue weighted by molar-refractivity contribution is -0.120. The number of carbonyl (C=O) groups is 1. The first-order valence-electron chi connectivity index (χ1n) is 5.55. The third-order valence-electron chi connectivity index (χ3n) is 2.25. The third kappa shape index (κ3) is 5.29. The number of benzene rings is 1. The minimum absolute atomic E-state index is 0.137. The fourth-order valence-corrected chi connectivity index (χ4v) is 1.35. The first kappa shape index (κ1) is 13.4. The van der Waals surface area contributed by atoms with Crippen molar-refractivity contribution in [3.05, 3.63) is 48.6 Å². The Kier molecular flexibility index (Phi) is 5.99. The largest absolute Gasteiger partial charge is 0.387 e. The van der Waals surface area contributed by atoms with Crippen molar-refractivity contribution in [1.29, 1.82) is 0 Å². The molecule has 4 nitrogen and oxygen atoms in total. The smallest absolute Gasteiger partial charge is 0.234 e. The van der Waals surface area contributed by atoms with Crippen LogP contribution in [0.1, 0.15) is 11.7 Å². The van der Waals surface area contributed by atoms with Crippen molar-refractivity contribution in [1.82, 2.24) is 10.6 Å². The number of rotatable bonds is 7. The molecular formula is C13H18N2O2. The second kappa shape index (κ2) is 7.60. The molecule has 1 aromatic carbocycles. The molecule has 0 saturated carbocycles. The molecule has 3 N–H and O–H groups in total. The molecule has 1 atom stereocenters. The van der Waals surface area contributed by atoms with Gasteiger partial charge in [-0.2, -0.15) is 0 Å². The number of aliphatic hydroxyl groups is 1. The summed E-state index contributed by atoms with van der Waals surface area (Å²) in [5.74, 6) is -0.137. The van der Waals surface area contributed by atoms with E-state index in [4.69, 9.17) is 0 Å². The quantitative estimate of drug-likeness (QED) is 0.478. The van der Waals surface area contributed by atoms with Gasteiger partial charge in [0.25, 0.3) is 0 Å². The second-order valence-corrected chi connectivity index (χ2v) is 3.65. The molecule has 1 rings (SSSR count). The Balaban J connectivity index is 2.26. The van der Waals surface area contributed by atoms with Crippen LogP contribution in [0.15, 0.2) is 43.0 Å². The van der Waals surface area contributed by atoms with Crippen molar-refractivity contribution in [3.8, 4) is 0 Å². The number of hydrogen-bond donors (Lipinski definition) is 3. The molecule has 1 aromatic rings. The standard InChI is InChI=1S/C13H18N2O2/c1-2-8-14-10-13(17)15-9-12(16)11-6-4-3-5-7-11/h2-7,12,14,16H,1,8-10H2,(H,15,17). The van der Waals surface area contributed by atoms with Crippen molar-refractivity contribution in [3.63, 3.8) is 0 Å². The van der Waals surface area contributed by atoms with Gasteiger partial charge in [-0.05, 0) is 5.56 Å². The SMILES string of the molecule is C=CCNCC(=O)NCC(O)c1ccccc1. The van der Waals surface area contributed by atoms with Crippen molar-refractivity contribution in [2.24, 2.45) is 0 Å². The number of nitrogens with one attached hydrogen (secondary N) is 2. The van der Waals surface area contributed by atoms with Gasteiger partial charge in [0.1, 0.15) is 0 Å². The van der Waals surface area contributed by atoms with Crippen molar-refractivity contribution in [2.45, 2.75) is 6.10 Å². The molecule has 1 amide bonds. The monoisotopic (exact) mass is 234 g/mol. The van der Waals surface area contributed by atoms with Crippen LogP contribution in [-0.2, 0) is 4.79 Å². The van der Waals surface area contributed by atoms with Crippen LogP contribution in [0.3, 0.4) is 0 Å². The predicted molar refractivity (Wildman–Crippen MR) is 67.5 cm³/mol. The molecule has 0 aliphatic rings. The van der Waals surface area contributed by atoms with Gasteiger partial charge < -0.3 is 15.7 Å². The summed E-state index contributed by atoms with van der Waals surface area (Å²) in [5, 5.41) is 15.3. The van der Waals surface area contributed by atoms with E-state index in [0.717, 1.165) is 5.56 Å². The molecule has 17 heavy (non-hydrogen) atoms. The highest BCUT2D eigenvalue weighted by atomic mass is 16.3. The van der Waals surface area contributed by atoms with Gasteiger partial charge in [0.05, 0.1) is 12.6 Å². The Morgan fingerprint density at radius 1 is 1.41 bits per heavy atom. The molecule has 0 fully saturated rings. The van der Waals surface area contributed by atoms with Crippen LogP contribution >= 0.6 is 0 Å². The highest BCUT2D eigenvalue weighted by Gasteiger charge is 2.08. The summed E-state index contributed by atoms with van der Waals surface area (Å²) in [6.45, 7) is 4.58. The van der Waals surface area contributed by atoms with Crippen molar-refractivity contribution >= 4 is 5.91 Å². The van der Waals surface area contributed by atoms with E-state index in [-0.39, 0.29) is 19.0 Å². The van der Waals surface area contributed by atoms with E-state index in [0.29, 0.717) is 6.54 Å². The second-order valence-electron chi connectivity index (χ2n) is 3.65. The van der Waals surface area contributed by atoms with E-state index in [1.165, 1.54) is 0 Å². The van der Waals surface area contributed by atoms with E-state index in [1.807, 2.05) is 30.3 Å². The summed E-state index contributed by atoms with van der Waals surface area (Å²) in [6.07, 6.45) is 1.02. The maximum absolute atomic E-state index is 11.3. The van der Waals surface area contributed by atoms with Crippen LogP contribution in [0.2, 0.25) is 0 Å². The Hall–Kier alpha value is -1.65. The predicted octanol–water partition coefficient (Wildman–Crippen LogP) is 0.612. The molecule has 0 bridgehead atoms. The molecule has 0 spiro atoms. The topological polar surface area (TPSA) is 61.4 Å². The lowest BCUT2D eigenvalue weighted by atomic mass is 10.1. The normalized spacial score (nSPS) is 11.8. The first-order valence-corrected chi connectivity index (χ1v) is 5.55. The van der Waals surface area contributed by atoms with Gasteiger partial charge in [0.2, 0.25) is 5.91 Å². The number of amides is 1. The molecule has 0 aromatic heterocycles. The van der Waals surface area contributed by atoms with Crippen LogP contribution < -0.4 is 10.6 Å². The molecule has 0 radical (unpaired) electrons. The van der Waals surface area contributed by atoms with Crippen LogP contribution in [-0.4, -0.2) is 30.6 Å². The zero-order valence-electron chi connectivity index (χ0n) is 9.73. The van der Waals surface area contributed by atoms with Crippen LogP contribution in [0.5, 0.6) is 0 Å². The summed E-state index contributed by atoms with van der Waals surface area (Å²) >= 11 is 0. The van der Waals surface area contributed by atoms with E-state index in [9.17, 15) is 9.90 Å². The average Bonchev–Trinajstić information content (AvgIpc) is 2.37. The van der Waals surface area contributed by atoms with Crippen LogP contribution in [0, 0.1) is 0 Å². The molecular weight excluding hydrogens is 216 g/mol. The summed E-state index contributed by atoms with van der Waals surface area (Å²) < 4.78 is 0. The lowest BCUT2D eigenvalue weighted by Crippen LogP contribution is -2.36. The third-order valence-corrected chi connectivity index (χ3v) is 2.25. The van der Waals surface area contributed by atoms with Gasteiger partial charge >= 0.3 is 0 Å². The maximum Gasteiger partial charge on any atom is 0.234 e. The minimum atomic E-state index is -0.667. The van der Waals surface area contributed by atoms with Crippen LogP contribution in [0.4, 0.5) is 0 Å². The molecule has 4 heteroatoms. The van der Waals surface area contributed by atoms with E-state index < -0.39 is 6.10 Å². The van der Waals surface area contributed by atoms with E-state index >= 15 is 0 Å². The summed E-state index contributed by atoms with van der Waals surface area (Å²) in [6, 6.07) is 9.24. The number of carbonyl (C=O) groups excluding carboxylic acids is 1. The Bertz CT molecular complexity index is 352. The number of hydrogen-bond acceptors (Lipinski definition) is 3. The van der Waals surface area contributed by atoms with Gasteiger partial charge in [-0.15, -0.1) is 6.58 Å². The van der Waals surface area contributed by atoms with Gasteiger partial charge in [-0.25, -0.2) is 0 Å². The maximum atomic E-state index is 11.3. The first-order chi connectivity index (χ1) is 8.24. The molecule has 0 aliphatic heterocycles.